The van der Waals surface area contributed by atoms with Gasteiger partial charge in [0.25, 0.3) is 0 Å². The summed E-state index contributed by atoms with van der Waals surface area (Å²) in [5.74, 6) is 0. The Hall–Kier alpha value is 1.63. The summed E-state index contributed by atoms with van der Waals surface area (Å²) in [7, 11) is -2.03. The van der Waals surface area contributed by atoms with E-state index < -0.39 is 10.3 Å². The van der Waals surface area contributed by atoms with Crippen molar-refractivity contribution in [3.63, 3.8) is 0 Å². The first-order valence-corrected chi connectivity index (χ1v) is 17.0. The standard InChI is InChI=1S/C9H11.3BrH.Ti/c1-2-5-9-7-3-6-8(9)4-1;;;;/h3,6-7H,1-2,4-5H2;3*1H;/q;;;;+3/p-3. The molecule has 0 spiro atoms. The van der Waals surface area contributed by atoms with Gasteiger partial charge >= 0.3 is 103 Å². The maximum atomic E-state index is 3.80. The third-order valence-electron chi connectivity index (χ3n) is 2.77. The van der Waals surface area contributed by atoms with Gasteiger partial charge in [0.2, 0.25) is 0 Å². The first-order valence-electron chi connectivity index (χ1n) is 4.56. The van der Waals surface area contributed by atoms with Crippen molar-refractivity contribution in [2.75, 3.05) is 0 Å². The number of hydrogen-bond acceptors (Lipinski definition) is 0. The predicted octanol–water partition coefficient (Wildman–Crippen LogP) is 5.30. The molecule has 0 bridgehead atoms. The minimum absolute atomic E-state index is 0.662. The molecule has 0 fully saturated rings. The zero-order chi connectivity index (χ0) is 9.47. The van der Waals surface area contributed by atoms with Crippen LogP contribution in [0.15, 0.2) is 23.3 Å². The molecule has 0 amide bonds. The van der Waals surface area contributed by atoms with E-state index >= 15 is 0 Å². The van der Waals surface area contributed by atoms with Crippen LogP contribution in [-0.4, -0.2) is 0 Å². The van der Waals surface area contributed by atoms with E-state index in [1.807, 2.05) is 0 Å². The SMILES string of the molecule is [Br][Ti]([Br])([Br])[CH]1C=CC2=C1CCCC2. The summed E-state index contributed by atoms with van der Waals surface area (Å²) in [6.07, 6.45) is 10.1. The van der Waals surface area contributed by atoms with Gasteiger partial charge in [-0.3, -0.25) is 0 Å². The Morgan fingerprint density at radius 2 is 1.85 bits per heavy atom. The number of hydrogen-bond donors (Lipinski definition) is 0. The molecular weight excluding hydrogens is 396 g/mol. The van der Waals surface area contributed by atoms with Crippen molar-refractivity contribution in [3.8, 4) is 0 Å². The van der Waals surface area contributed by atoms with Gasteiger partial charge in [-0.2, -0.15) is 0 Å². The zero-order valence-corrected chi connectivity index (χ0v) is 13.5. The zero-order valence-electron chi connectivity index (χ0n) is 7.19. The summed E-state index contributed by atoms with van der Waals surface area (Å²) in [4.78, 5) is 0. The van der Waals surface area contributed by atoms with Crippen LogP contribution >= 0.6 is 39.5 Å². The first-order chi connectivity index (χ1) is 6.09. The fourth-order valence-corrected chi connectivity index (χ4v) is 9.06. The molecule has 0 saturated carbocycles. The molecule has 1 unspecified atom stereocenters. The second-order valence-corrected chi connectivity index (χ2v) is 34.9. The summed E-state index contributed by atoms with van der Waals surface area (Å²) in [5.41, 5.74) is 3.31. The fraction of sp³-hybridized carbons (Fsp3) is 0.556. The Kier molecular flexibility index (Phi) is 3.64. The van der Waals surface area contributed by atoms with E-state index in [0.717, 1.165) is 0 Å². The maximum absolute atomic E-state index is 3.80. The van der Waals surface area contributed by atoms with Gasteiger partial charge in [0.1, 0.15) is 0 Å². The molecule has 13 heavy (non-hydrogen) atoms. The van der Waals surface area contributed by atoms with Crippen molar-refractivity contribution in [2.45, 2.75) is 29.9 Å². The van der Waals surface area contributed by atoms with Gasteiger partial charge in [0.05, 0.1) is 0 Å². The number of halogens is 3. The average molecular weight is 407 g/mol. The normalized spacial score (nSPS) is 28.1. The fourth-order valence-electron chi connectivity index (χ4n) is 2.13. The molecule has 2 aliphatic carbocycles. The average Bonchev–Trinajstić information content (AvgIpc) is 2.45. The van der Waals surface area contributed by atoms with Crippen LogP contribution in [0.25, 0.3) is 0 Å². The van der Waals surface area contributed by atoms with E-state index in [1.165, 1.54) is 25.7 Å². The van der Waals surface area contributed by atoms with Crippen molar-refractivity contribution in [1.29, 1.82) is 0 Å². The van der Waals surface area contributed by atoms with Gasteiger partial charge in [-0.15, -0.1) is 0 Å². The van der Waals surface area contributed by atoms with Crippen LogP contribution in [-0.2, 0) is 10.3 Å². The Labute approximate surface area is 102 Å². The third-order valence-corrected chi connectivity index (χ3v) is 10.8. The molecule has 0 heterocycles. The molecule has 72 valence electrons. The molecule has 0 aromatic carbocycles. The topological polar surface area (TPSA) is 0 Å². The summed E-state index contributed by atoms with van der Waals surface area (Å²) in [5, 5.41) is 0. The third kappa shape index (κ3) is 2.42. The van der Waals surface area contributed by atoms with Crippen molar-refractivity contribution in [3.05, 3.63) is 23.3 Å². The van der Waals surface area contributed by atoms with Crippen LogP contribution in [0.4, 0.5) is 0 Å². The van der Waals surface area contributed by atoms with Crippen molar-refractivity contribution in [2.24, 2.45) is 0 Å². The monoisotopic (exact) mass is 404 g/mol. The summed E-state index contributed by atoms with van der Waals surface area (Å²) >= 11 is 11.4. The predicted molar refractivity (Wildman–Crippen MR) is 65.2 cm³/mol. The summed E-state index contributed by atoms with van der Waals surface area (Å²) in [6.45, 7) is 0. The number of rotatable bonds is 1. The molecule has 0 saturated heterocycles. The molecule has 1 atom stereocenters. The molecule has 0 aliphatic heterocycles. The van der Waals surface area contributed by atoms with Gasteiger partial charge < -0.3 is 0 Å². The van der Waals surface area contributed by atoms with Gasteiger partial charge in [0, 0.05) is 0 Å². The van der Waals surface area contributed by atoms with Gasteiger partial charge in [-0.1, -0.05) is 0 Å². The molecule has 0 aromatic rings. The van der Waals surface area contributed by atoms with E-state index in [2.05, 4.69) is 51.6 Å². The van der Waals surface area contributed by atoms with E-state index in [0.29, 0.717) is 4.22 Å². The molecule has 0 radical (unpaired) electrons. The second-order valence-electron chi connectivity index (χ2n) is 3.64. The molecule has 2 aliphatic rings. The van der Waals surface area contributed by atoms with Crippen LogP contribution < -0.4 is 0 Å². The van der Waals surface area contributed by atoms with Gasteiger partial charge in [-0.25, -0.2) is 0 Å². The minimum atomic E-state index is -2.03. The summed E-state index contributed by atoms with van der Waals surface area (Å²) in [6, 6.07) is 0. The molecule has 4 heteroatoms. The molecule has 0 N–H and O–H groups in total. The van der Waals surface area contributed by atoms with E-state index in [9.17, 15) is 0 Å². The van der Waals surface area contributed by atoms with Crippen LogP contribution in [0.3, 0.4) is 0 Å². The van der Waals surface area contributed by atoms with Crippen LogP contribution in [0.2, 0.25) is 4.22 Å². The van der Waals surface area contributed by atoms with Crippen molar-refractivity contribution >= 4 is 39.5 Å². The van der Waals surface area contributed by atoms with E-state index in [4.69, 9.17) is 0 Å². The molecule has 0 nitrogen and oxygen atoms in total. The Morgan fingerprint density at radius 3 is 2.54 bits per heavy atom. The Balaban J connectivity index is 2.26. The molecule has 2 rings (SSSR count). The van der Waals surface area contributed by atoms with E-state index in [-0.39, 0.29) is 0 Å². The Morgan fingerprint density at radius 1 is 1.15 bits per heavy atom. The summed E-state index contributed by atoms with van der Waals surface area (Å²) < 4.78 is 0.662. The van der Waals surface area contributed by atoms with Gasteiger partial charge in [-0.05, 0) is 0 Å². The van der Waals surface area contributed by atoms with E-state index in [1.54, 1.807) is 11.1 Å². The van der Waals surface area contributed by atoms with Gasteiger partial charge in [0.15, 0.2) is 0 Å². The van der Waals surface area contributed by atoms with Crippen LogP contribution in [0.1, 0.15) is 25.7 Å². The number of allylic oxidation sites excluding steroid dienone is 4. The van der Waals surface area contributed by atoms with Crippen molar-refractivity contribution < 1.29 is 10.3 Å². The molecular formula is C9H11Br3Ti. The Bertz CT molecular complexity index is 275. The second kappa shape index (κ2) is 4.25. The van der Waals surface area contributed by atoms with Crippen molar-refractivity contribution in [1.82, 2.24) is 0 Å². The molecule has 0 aromatic heterocycles. The quantitative estimate of drug-likeness (QED) is 0.518. The van der Waals surface area contributed by atoms with Crippen LogP contribution in [0, 0.1) is 0 Å². The first kappa shape index (κ1) is 11.1. The van der Waals surface area contributed by atoms with Crippen LogP contribution in [0.5, 0.6) is 0 Å².